The van der Waals surface area contributed by atoms with Crippen molar-refractivity contribution in [2.45, 2.75) is 18.4 Å². The van der Waals surface area contributed by atoms with Crippen molar-refractivity contribution in [3.63, 3.8) is 0 Å². The van der Waals surface area contributed by atoms with Gasteiger partial charge in [-0.15, -0.1) is 0 Å². The molecule has 0 aromatic heterocycles. The fraction of sp³-hybridized carbons (Fsp3) is 0.467. The van der Waals surface area contributed by atoms with Gasteiger partial charge in [-0.2, -0.15) is 0 Å². The predicted octanol–water partition coefficient (Wildman–Crippen LogP) is 1.51. The first-order chi connectivity index (χ1) is 11.0. The largest absolute Gasteiger partial charge is 0.495 e. The number of anilines is 1. The SMILES string of the molecule is COc1ccc(Cl)cc1NCCC(=O)NC1(C(=O)O)CCOC1. The molecule has 23 heavy (non-hydrogen) atoms. The Morgan fingerprint density at radius 1 is 1.48 bits per heavy atom. The van der Waals surface area contributed by atoms with E-state index in [2.05, 4.69) is 10.6 Å². The Morgan fingerprint density at radius 3 is 2.87 bits per heavy atom. The number of hydrogen-bond acceptors (Lipinski definition) is 5. The van der Waals surface area contributed by atoms with Crippen LogP contribution in [0.4, 0.5) is 5.69 Å². The minimum atomic E-state index is -1.31. The third-order valence-corrected chi connectivity index (χ3v) is 3.87. The monoisotopic (exact) mass is 342 g/mol. The van der Waals surface area contributed by atoms with Crippen LogP contribution >= 0.6 is 11.6 Å². The topological polar surface area (TPSA) is 96.9 Å². The van der Waals surface area contributed by atoms with E-state index in [1.54, 1.807) is 18.2 Å². The van der Waals surface area contributed by atoms with Gasteiger partial charge in [-0.25, -0.2) is 4.79 Å². The number of aliphatic carboxylic acids is 1. The number of benzene rings is 1. The van der Waals surface area contributed by atoms with Gasteiger partial charge in [0.1, 0.15) is 5.75 Å². The van der Waals surface area contributed by atoms with Gasteiger partial charge < -0.3 is 25.2 Å². The number of carbonyl (C=O) groups excluding carboxylic acids is 1. The zero-order valence-electron chi connectivity index (χ0n) is 12.7. The zero-order chi connectivity index (χ0) is 16.9. The highest BCUT2D eigenvalue weighted by Gasteiger charge is 2.43. The van der Waals surface area contributed by atoms with E-state index >= 15 is 0 Å². The molecule has 0 radical (unpaired) electrons. The highest BCUT2D eigenvalue weighted by Crippen LogP contribution is 2.27. The number of ether oxygens (including phenoxy) is 2. The number of halogens is 1. The van der Waals surface area contributed by atoms with E-state index < -0.39 is 11.5 Å². The van der Waals surface area contributed by atoms with Crippen LogP contribution in [0.5, 0.6) is 5.75 Å². The van der Waals surface area contributed by atoms with E-state index in [9.17, 15) is 14.7 Å². The molecule has 1 aromatic rings. The summed E-state index contributed by atoms with van der Waals surface area (Å²) in [5.41, 5.74) is -0.643. The first kappa shape index (κ1) is 17.4. The maximum Gasteiger partial charge on any atom is 0.331 e. The first-order valence-corrected chi connectivity index (χ1v) is 7.54. The van der Waals surface area contributed by atoms with Gasteiger partial charge in [-0.1, -0.05) is 11.6 Å². The third-order valence-electron chi connectivity index (χ3n) is 3.64. The Bertz CT molecular complexity index is 587. The summed E-state index contributed by atoms with van der Waals surface area (Å²) in [5, 5.41) is 15.4. The molecular weight excluding hydrogens is 324 g/mol. The van der Waals surface area contributed by atoms with Crippen molar-refractivity contribution in [2.24, 2.45) is 0 Å². The summed E-state index contributed by atoms with van der Waals surface area (Å²) in [7, 11) is 1.54. The highest BCUT2D eigenvalue weighted by molar-refractivity contribution is 6.30. The number of carboxylic acids is 1. The summed E-state index contributed by atoms with van der Waals surface area (Å²) in [6, 6.07) is 5.12. The van der Waals surface area contributed by atoms with Crippen LogP contribution in [0.3, 0.4) is 0 Å². The molecule has 7 nitrogen and oxygen atoms in total. The number of nitrogens with one attached hydrogen (secondary N) is 2. The normalized spacial score (nSPS) is 20.1. The van der Waals surface area contributed by atoms with Gasteiger partial charge in [-0.3, -0.25) is 4.79 Å². The van der Waals surface area contributed by atoms with Crippen LogP contribution in [0.1, 0.15) is 12.8 Å². The quantitative estimate of drug-likeness (QED) is 0.695. The third kappa shape index (κ3) is 4.27. The average Bonchev–Trinajstić information content (AvgIpc) is 2.97. The number of rotatable bonds is 7. The van der Waals surface area contributed by atoms with Gasteiger partial charge >= 0.3 is 5.97 Å². The fourth-order valence-electron chi connectivity index (χ4n) is 2.34. The molecule has 126 valence electrons. The van der Waals surface area contributed by atoms with Gasteiger partial charge in [-0.05, 0) is 18.2 Å². The summed E-state index contributed by atoms with van der Waals surface area (Å²) in [6.07, 6.45) is 0.383. The Morgan fingerprint density at radius 2 is 2.26 bits per heavy atom. The molecule has 1 fully saturated rings. The number of hydrogen-bond donors (Lipinski definition) is 3. The van der Waals surface area contributed by atoms with Gasteiger partial charge in [0.2, 0.25) is 5.91 Å². The molecule has 1 saturated heterocycles. The van der Waals surface area contributed by atoms with Crippen molar-refractivity contribution in [1.82, 2.24) is 5.32 Å². The Labute approximate surface area is 138 Å². The minimum Gasteiger partial charge on any atom is -0.495 e. The maximum atomic E-state index is 12.0. The summed E-state index contributed by atoms with van der Waals surface area (Å²) in [4.78, 5) is 23.3. The van der Waals surface area contributed by atoms with Crippen molar-refractivity contribution >= 4 is 29.2 Å². The fourth-order valence-corrected chi connectivity index (χ4v) is 2.52. The van der Waals surface area contributed by atoms with E-state index in [1.807, 2.05) is 0 Å². The summed E-state index contributed by atoms with van der Waals surface area (Å²) >= 11 is 5.93. The van der Waals surface area contributed by atoms with E-state index in [0.29, 0.717) is 29.6 Å². The lowest BCUT2D eigenvalue weighted by Crippen LogP contribution is -2.55. The van der Waals surface area contributed by atoms with Crippen molar-refractivity contribution in [3.8, 4) is 5.75 Å². The van der Waals surface area contributed by atoms with Crippen LogP contribution in [0.15, 0.2) is 18.2 Å². The summed E-state index contributed by atoms with van der Waals surface area (Å²) in [5.74, 6) is -0.819. The Kier molecular flexibility index (Phi) is 5.68. The maximum absolute atomic E-state index is 12.0. The first-order valence-electron chi connectivity index (χ1n) is 7.16. The molecule has 1 heterocycles. The lowest BCUT2D eigenvalue weighted by Gasteiger charge is -2.23. The van der Waals surface area contributed by atoms with Crippen LogP contribution in [0.2, 0.25) is 5.02 Å². The number of amides is 1. The van der Waals surface area contributed by atoms with Crippen LogP contribution in [0, 0.1) is 0 Å². The molecule has 1 amide bonds. The molecule has 1 aliphatic heterocycles. The summed E-state index contributed by atoms with van der Waals surface area (Å²) in [6.45, 7) is 0.632. The molecule has 2 rings (SSSR count). The van der Waals surface area contributed by atoms with Crippen LogP contribution in [-0.2, 0) is 14.3 Å². The number of carbonyl (C=O) groups is 2. The molecule has 8 heteroatoms. The van der Waals surface area contributed by atoms with E-state index in [-0.39, 0.29) is 25.4 Å². The average molecular weight is 343 g/mol. The van der Waals surface area contributed by atoms with Gasteiger partial charge in [0.15, 0.2) is 5.54 Å². The van der Waals surface area contributed by atoms with Gasteiger partial charge in [0.25, 0.3) is 0 Å². The lowest BCUT2D eigenvalue weighted by atomic mass is 9.99. The standard InChI is InChI=1S/C15H19ClN2O5/c1-22-12-3-2-10(16)8-11(12)17-6-4-13(19)18-15(14(20)21)5-7-23-9-15/h2-3,8,17H,4-7,9H2,1H3,(H,18,19)(H,20,21). The summed E-state index contributed by atoms with van der Waals surface area (Å²) < 4.78 is 10.3. The second-order valence-electron chi connectivity index (χ2n) is 5.26. The zero-order valence-corrected chi connectivity index (χ0v) is 13.5. The molecule has 0 saturated carbocycles. The van der Waals surface area contributed by atoms with Gasteiger partial charge in [0, 0.05) is 31.0 Å². The van der Waals surface area contributed by atoms with Crippen molar-refractivity contribution in [3.05, 3.63) is 23.2 Å². The molecule has 3 N–H and O–H groups in total. The molecule has 1 aromatic carbocycles. The van der Waals surface area contributed by atoms with Crippen LogP contribution in [0.25, 0.3) is 0 Å². The number of carboxylic acid groups (broad SMARTS) is 1. The molecule has 1 unspecified atom stereocenters. The van der Waals surface area contributed by atoms with Crippen molar-refractivity contribution in [1.29, 1.82) is 0 Å². The van der Waals surface area contributed by atoms with Crippen molar-refractivity contribution in [2.75, 3.05) is 32.2 Å². The molecule has 0 aliphatic carbocycles. The lowest BCUT2D eigenvalue weighted by molar-refractivity contribution is -0.147. The minimum absolute atomic E-state index is 0.0103. The Balaban J connectivity index is 1.88. The predicted molar refractivity (Wildman–Crippen MR) is 85.1 cm³/mol. The molecule has 0 spiro atoms. The van der Waals surface area contributed by atoms with Crippen LogP contribution < -0.4 is 15.4 Å². The van der Waals surface area contributed by atoms with Gasteiger partial charge in [0.05, 0.1) is 19.4 Å². The second-order valence-corrected chi connectivity index (χ2v) is 5.70. The molecule has 1 aliphatic rings. The van der Waals surface area contributed by atoms with Crippen LogP contribution in [-0.4, -0.2) is 49.4 Å². The van der Waals surface area contributed by atoms with E-state index in [4.69, 9.17) is 21.1 Å². The smallest absolute Gasteiger partial charge is 0.331 e. The van der Waals surface area contributed by atoms with E-state index in [0.717, 1.165) is 0 Å². The van der Waals surface area contributed by atoms with E-state index in [1.165, 1.54) is 7.11 Å². The molecule has 0 bridgehead atoms. The molecule has 1 atom stereocenters. The highest BCUT2D eigenvalue weighted by atomic mass is 35.5. The Hall–Kier alpha value is -1.99. The van der Waals surface area contributed by atoms with Crippen molar-refractivity contribution < 1.29 is 24.2 Å². The number of methoxy groups -OCH3 is 1. The molecular formula is C15H19ClN2O5. The second kappa shape index (κ2) is 7.52.